The Morgan fingerprint density at radius 2 is 2.05 bits per heavy atom. The number of hydrogen-bond acceptors (Lipinski definition) is 3. The summed E-state index contributed by atoms with van der Waals surface area (Å²) in [6, 6.07) is 6.21. The molecule has 0 spiro atoms. The highest BCUT2D eigenvalue weighted by molar-refractivity contribution is 9.10. The van der Waals surface area contributed by atoms with Gasteiger partial charge >= 0.3 is 0 Å². The van der Waals surface area contributed by atoms with E-state index in [0.29, 0.717) is 0 Å². The predicted molar refractivity (Wildman–Crippen MR) is 88.3 cm³/mol. The van der Waals surface area contributed by atoms with Crippen molar-refractivity contribution in [2.75, 3.05) is 0 Å². The van der Waals surface area contributed by atoms with Crippen LogP contribution in [0.15, 0.2) is 27.1 Å². The minimum absolute atomic E-state index is 0.0404. The Hall–Kier alpha value is -0.690. The van der Waals surface area contributed by atoms with Crippen molar-refractivity contribution in [2.45, 2.75) is 26.3 Å². The third-order valence-electron chi connectivity index (χ3n) is 3.55. The molecule has 4 nitrogen and oxygen atoms in total. The molecule has 2 rings (SSSR count). The number of hydrogen-bond donors (Lipinski definition) is 2. The normalized spacial score (nSPS) is 12.7. The number of halogens is 2. The van der Waals surface area contributed by atoms with E-state index in [-0.39, 0.29) is 6.04 Å². The molecule has 0 aliphatic rings. The fourth-order valence-corrected chi connectivity index (χ4v) is 3.23. The predicted octanol–water partition coefficient (Wildman–Crippen LogP) is 3.31. The third-order valence-corrected chi connectivity index (χ3v) is 5.44. The zero-order valence-electron chi connectivity index (χ0n) is 11.7. The summed E-state index contributed by atoms with van der Waals surface area (Å²) in [5, 5.41) is 4.42. The molecule has 0 aliphatic carbocycles. The van der Waals surface area contributed by atoms with Crippen LogP contribution in [0.3, 0.4) is 0 Å². The molecule has 1 aromatic carbocycles. The molecule has 1 atom stereocenters. The smallest absolute Gasteiger partial charge is 0.0738 e. The van der Waals surface area contributed by atoms with Crippen LogP contribution in [0.1, 0.15) is 28.6 Å². The van der Waals surface area contributed by atoms with Crippen molar-refractivity contribution in [1.82, 2.24) is 15.2 Å². The quantitative estimate of drug-likeness (QED) is 0.610. The summed E-state index contributed by atoms with van der Waals surface area (Å²) in [5.74, 6) is 5.77. The largest absolute Gasteiger partial charge is 0.271 e. The van der Waals surface area contributed by atoms with Gasteiger partial charge in [-0.25, -0.2) is 0 Å². The summed E-state index contributed by atoms with van der Waals surface area (Å²) in [5.41, 5.74) is 7.42. The van der Waals surface area contributed by atoms with Gasteiger partial charge in [0, 0.05) is 17.9 Å². The highest BCUT2D eigenvalue weighted by Gasteiger charge is 2.19. The average molecular weight is 402 g/mol. The van der Waals surface area contributed by atoms with Gasteiger partial charge in [0.05, 0.1) is 21.9 Å². The average Bonchev–Trinajstić information content (AvgIpc) is 2.65. The lowest BCUT2D eigenvalue weighted by atomic mass is 9.98. The van der Waals surface area contributed by atoms with E-state index in [1.54, 1.807) is 0 Å². The molecule has 0 saturated carbocycles. The van der Waals surface area contributed by atoms with Crippen LogP contribution in [-0.2, 0) is 13.5 Å². The molecule has 6 heteroatoms. The van der Waals surface area contributed by atoms with Gasteiger partial charge in [0.15, 0.2) is 0 Å². The van der Waals surface area contributed by atoms with Crippen LogP contribution < -0.4 is 11.3 Å². The molecule has 1 unspecified atom stereocenters. The lowest BCUT2D eigenvalue weighted by molar-refractivity contribution is 0.526. The zero-order chi connectivity index (χ0) is 14.9. The first-order valence-corrected chi connectivity index (χ1v) is 7.93. The first kappa shape index (κ1) is 15.7. The fourth-order valence-electron chi connectivity index (χ4n) is 2.36. The maximum Gasteiger partial charge on any atom is 0.0738 e. The van der Waals surface area contributed by atoms with Crippen LogP contribution in [0.4, 0.5) is 0 Å². The molecule has 1 aromatic heterocycles. The van der Waals surface area contributed by atoms with Crippen LogP contribution in [0.2, 0.25) is 0 Å². The van der Waals surface area contributed by atoms with Gasteiger partial charge in [0.25, 0.3) is 0 Å². The van der Waals surface area contributed by atoms with Crippen molar-refractivity contribution >= 4 is 31.9 Å². The van der Waals surface area contributed by atoms with E-state index < -0.39 is 0 Å². The molecule has 0 amide bonds. The van der Waals surface area contributed by atoms with E-state index in [4.69, 9.17) is 5.84 Å². The Morgan fingerprint density at radius 3 is 2.60 bits per heavy atom. The molecule has 0 aliphatic heterocycles. The van der Waals surface area contributed by atoms with Crippen LogP contribution >= 0.6 is 31.9 Å². The Bertz CT molecular complexity index is 622. The van der Waals surface area contributed by atoms with E-state index in [1.165, 1.54) is 11.1 Å². The fraction of sp³-hybridized carbons (Fsp3) is 0.357. The van der Waals surface area contributed by atoms with Crippen LogP contribution in [0, 0.1) is 13.8 Å². The highest BCUT2D eigenvalue weighted by Crippen LogP contribution is 2.29. The number of aryl methyl sites for hydroxylation is 2. The van der Waals surface area contributed by atoms with Crippen molar-refractivity contribution in [1.29, 1.82) is 0 Å². The van der Waals surface area contributed by atoms with Gasteiger partial charge in [-0.15, -0.1) is 0 Å². The number of aromatic nitrogens is 2. The summed E-state index contributed by atoms with van der Waals surface area (Å²) >= 11 is 7.17. The van der Waals surface area contributed by atoms with Gasteiger partial charge in [-0.1, -0.05) is 28.1 Å². The summed E-state index contributed by atoms with van der Waals surface area (Å²) in [4.78, 5) is 0. The van der Waals surface area contributed by atoms with Crippen molar-refractivity contribution in [3.63, 3.8) is 0 Å². The van der Waals surface area contributed by atoms with E-state index in [1.807, 2.05) is 30.8 Å². The SMILES string of the molecule is Cc1nn(C)c(CC(NN)c2cccc(Br)c2C)c1Br. The second-order valence-electron chi connectivity index (χ2n) is 4.85. The summed E-state index contributed by atoms with van der Waals surface area (Å²) in [6.45, 7) is 4.08. The summed E-state index contributed by atoms with van der Waals surface area (Å²) in [7, 11) is 1.95. The molecular formula is C14H18Br2N4. The van der Waals surface area contributed by atoms with Crippen LogP contribution in [0.5, 0.6) is 0 Å². The Morgan fingerprint density at radius 1 is 1.35 bits per heavy atom. The Labute approximate surface area is 136 Å². The van der Waals surface area contributed by atoms with E-state index in [2.05, 4.69) is 55.4 Å². The minimum Gasteiger partial charge on any atom is -0.271 e. The molecule has 3 N–H and O–H groups in total. The molecule has 108 valence electrons. The van der Waals surface area contributed by atoms with Crippen molar-refractivity contribution in [2.24, 2.45) is 12.9 Å². The number of nitrogens with two attached hydrogens (primary N) is 1. The summed E-state index contributed by atoms with van der Waals surface area (Å²) < 4.78 is 4.04. The van der Waals surface area contributed by atoms with Gasteiger partial charge in [-0.05, 0) is 47.0 Å². The van der Waals surface area contributed by atoms with E-state index in [0.717, 1.165) is 26.8 Å². The van der Waals surface area contributed by atoms with Gasteiger partial charge < -0.3 is 0 Å². The monoisotopic (exact) mass is 400 g/mol. The van der Waals surface area contributed by atoms with E-state index >= 15 is 0 Å². The van der Waals surface area contributed by atoms with Gasteiger partial charge in [0.2, 0.25) is 0 Å². The standard InChI is InChI=1S/C14H18Br2N4/c1-8-10(5-4-6-11(8)15)12(18-17)7-13-14(16)9(2)19-20(13)3/h4-6,12,18H,7,17H2,1-3H3. The number of hydrazine groups is 1. The molecule has 0 bridgehead atoms. The lowest BCUT2D eigenvalue weighted by Gasteiger charge is -2.19. The molecule has 20 heavy (non-hydrogen) atoms. The maximum absolute atomic E-state index is 5.77. The highest BCUT2D eigenvalue weighted by atomic mass is 79.9. The van der Waals surface area contributed by atoms with E-state index in [9.17, 15) is 0 Å². The topological polar surface area (TPSA) is 55.9 Å². The second-order valence-corrected chi connectivity index (χ2v) is 6.49. The lowest BCUT2D eigenvalue weighted by Crippen LogP contribution is -2.30. The zero-order valence-corrected chi connectivity index (χ0v) is 14.9. The molecule has 2 aromatic rings. The molecular weight excluding hydrogens is 384 g/mol. The van der Waals surface area contributed by atoms with Crippen molar-refractivity contribution in [3.05, 3.63) is 49.7 Å². The third kappa shape index (κ3) is 2.98. The number of benzene rings is 1. The number of rotatable bonds is 4. The van der Waals surface area contributed by atoms with Gasteiger partial charge in [0.1, 0.15) is 0 Å². The van der Waals surface area contributed by atoms with Crippen LogP contribution in [0.25, 0.3) is 0 Å². The van der Waals surface area contributed by atoms with Gasteiger partial charge in [-0.2, -0.15) is 5.10 Å². The first-order chi connectivity index (χ1) is 9.45. The Kier molecular flexibility index (Phi) is 5.01. The molecule has 0 saturated heterocycles. The number of nitrogens with one attached hydrogen (secondary N) is 1. The molecule has 1 heterocycles. The van der Waals surface area contributed by atoms with Crippen molar-refractivity contribution in [3.8, 4) is 0 Å². The number of nitrogens with zero attached hydrogens (tertiary/aromatic N) is 2. The summed E-state index contributed by atoms with van der Waals surface area (Å²) in [6.07, 6.45) is 0.770. The van der Waals surface area contributed by atoms with Crippen molar-refractivity contribution < 1.29 is 0 Å². The maximum atomic E-state index is 5.77. The minimum atomic E-state index is 0.0404. The Balaban J connectivity index is 2.36. The molecule has 0 radical (unpaired) electrons. The first-order valence-electron chi connectivity index (χ1n) is 6.34. The van der Waals surface area contributed by atoms with Crippen LogP contribution in [-0.4, -0.2) is 9.78 Å². The molecule has 0 fully saturated rings. The second kappa shape index (κ2) is 6.39. The van der Waals surface area contributed by atoms with Gasteiger partial charge in [-0.3, -0.25) is 16.0 Å².